The summed E-state index contributed by atoms with van der Waals surface area (Å²) in [5.41, 5.74) is 2.23. The lowest BCUT2D eigenvalue weighted by molar-refractivity contribution is -0.113. The zero-order valence-electron chi connectivity index (χ0n) is 15.2. The van der Waals surface area contributed by atoms with Crippen LogP contribution in [0, 0.1) is 0 Å². The minimum Gasteiger partial charge on any atom is -0.325 e. The van der Waals surface area contributed by atoms with Crippen LogP contribution in [0.2, 0.25) is 0 Å². The molecule has 1 aromatic heterocycles. The van der Waals surface area contributed by atoms with Crippen LogP contribution in [0.15, 0.2) is 59.8 Å². The van der Waals surface area contributed by atoms with E-state index in [1.165, 1.54) is 18.7 Å². The molecule has 0 spiro atoms. The normalized spacial score (nSPS) is 10.6. The van der Waals surface area contributed by atoms with Crippen LogP contribution in [0.1, 0.15) is 24.2 Å². The van der Waals surface area contributed by atoms with Gasteiger partial charge in [0.2, 0.25) is 5.91 Å². The summed E-state index contributed by atoms with van der Waals surface area (Å²) in [6, 6.07) is 16.7. The van der Waals surface area contributed by atoms with Crippen LogP contribution in [0.3, 0.4) is 0 Å². The minimum absolute atomic E-state index is 0.00611. The SMILES string of the molecule is CCn1c(SCC(=O)Nc2ccccc2)nnc1-c1cccc(C(C)=O)c1. The highest BCUT2D eigenvalue weighted by atomic mass is 32.2. The number of rotatable bonds is 7. The third-order valence-electron chi connectivity index (χ3n) is 3.95. The second kappa shape index (κ2) is 8.64. The Morgan fingerprint density at radius 1 is 1.07 bits per heavy atom. The van der Waals surface area contributed by atoms with E-state index in [2.05, 4.69) is 15.5 Å². The Morgan fingerprint density at radius 2 is 1.85 bits per heavy atom. The number of aromatic nitrogens is 3. The number of ketones is 1. The monoisotopic (exact) mass is 380 g/mol. The first-order valence-electron chi connectivity index (χ1n) is 8.60. The number of thioether (sulfide) groups is 1. The molecule has 0 atom stereocenters. The number of amides is 1. The molecule has 0 saturated carbocycles. The summed E-state index contributed by atoms with van der Waals surface area (Å²) in [4.78, 5) is 23.8. The topological polar surface area (TPSA) is 76.9 Å². The van der Waals surface area contributed by atoms with Crippen molar-refractivity contribution in [3.05, 3.63) is 60.2 Å². The Morgan fingerprint density at radius 3 is 2.56 bits per heavy atom. The number of carbonyl (C=O) groups excluding carboxylic acids is 2. The maximum atomic E-state index is 12.2. The fraction of sp³-hybridized carbons (Fsp3) is 0.200. The summed E-state index contributed by atoms with van der Waals surface area (Å²) < 4.78 is 1.94. The molecule has 1 amide bonds. The first-order chi connectivity index (χ1) is 13.1. The van der Waals surface area contributed by atoms with Gasteiger partial charge in [-0.15, -0.1) is 10.2 Å². The van der Waals surface area contributed by atoms with Gasteiger partial charge in [-0.25, -0.2) is 0 Å². The second-order valence-corrected chi connectivity index (χ2v) is 6.83. The average molecular weight is 380 g/mol. The van der Waals surface area contributed by atoms with Crippen molar-refractivity contribution in [1.82, 2.24) is 14.8 Å². The van der Waals surface area contributed by atoms with Crippen LogP contribution in [-0.2, 0) is 11.3 Å². The Hall–Kier alpha value is -2.93. The van der Waals surface area contributed by atoms with Crippen LogP contribution in [0.4, 0.5) is 5.69 Å². The largest absolute Gasteiger partial charge is 0.325 e. The van der Waals surface area contributed by atoms with E-state index < -0.39 is 0 Å². The Kier molecular flexibility index (Phi) is 6.03. The molecule has 7 heteroatoms. The van der Waals surface area contributed by atoms with Crippen LogP contribution in [0.25, 0.3) is 11.4 Å². The molecule has 0 unspecified atom stereocenters. The Bertz CT molecular complexity index is 954. The molecule has 0 aliphatic heterocycles. The molecule has 3 aromatic rings. The molecule has 0 saturated heterocycles. The molecular formula is C20H20N4O2S. The molecule has 138 valence electrons. The number of carbonyl (C=O) groups is 2. The van der Waals surface area contributed by atoms with Gasteiger partial charge in [0.05, 0.1) is 5.75 Å². The number of Topliss-reactive ketones (excluding diaryl/α,β-unsaturated/α-hetero) is 1. The van der Waals surface area contributed by atoms with Crippen molar-refractivity contribution < 1.29 is 9.59 Å². The predicted molar refractivity (Wildman–Crippen MR) is 107 cm³/mol. The summed E-state index contributed by atoms with van der Waals surface area (Å²) in [6.07, 6.45) is 0. The van der Waals surface area contributed by atoms with E-state index in [9.17, 15) is 9.59 Å². The van der Waals surface area contributed by atoms with E-state index in [1.807, 2.05) is 60.0 Å². The zero-order valence-corrected chi connectivity index (χ0v) is 16.0. The van der Waals surface area contributed by atoms with E-state index in [1.54, 1.807) is 6.07 Å². The fourth-order valence-electron chi connectivity index (χ4n) is 2.62. The maximum absolute atomic E-state index is 12.2. The summed E-state index contributed by atoms with van der Waals surface area (Å²) in [5, 5.41) is 12.0. The first-order valence-corrected chi connectivity index (χ1v) is 9.59. The molecular weight excluding hydrogens is 360 g/mol. The van der Waals surface area contributed by atoms with Crippen molar-refractivity contribution in [2.45, 2.75) is 25.5 Å². The van der Waals surface area contributed by atoms with Crippen molar-refractivity contribution in [3.63, 3.8) is 0 Å². The molecule has 0 radical (unpaired) electrons. The summed E-state index contributed by atoms with van der Waals surface area (Å²) in [6.45, 7) is 4.20. The van der Waals surface area contributed by atoms with Gasteiger partial charge in [-0.1, -0.05) is 48.2 Å². The van der Waals surface area contributed by atoms with Gasteiger partial charge >= 0.3 is 0 Å². The third kappa shape index (κ3) is 4.62. The molecule has 0 fully saturated rings. The highest BCUT2D eigenvalue weighted by molar-refractivity contribution is 7.99. The molecule has 1 N–H and O–H groups in total. The highest BCUT2D eigenvalue weighted by Gasteiger charge is 2.15. The van der Waals surface area contributed by atoms with Crippen molar-refractivity contribution in [2.24, 2.45) is 0 Å². The van der Waals surface area contributed by atoms with E-state index in [-0.39, 0.29) is 17.4 Å². The minimum atomic E-state index is -0.100. The molecule has 6 nitrogen and oxygen atoms in total. The molecule has 0 aliphatic rings. The number of hydrogen-bond acceptors (Lipinski definition) is 5. The van der Waals surface area contributed by atoms with Gasteiger partial charge < -0.3 is 9.88 Å². The lowest BCUT2D eigenvalue weighted by atomic mass is 10.1. The number of benzene rings is 2. The third-order valence-corrected chi connectivity index (χ3v) is 4.92. The predicted octanol–water partition coefficient (Wildman–Crippen LogP) is 3.90. The van der Waals surface area contributed by atoms with Crippen molar-refractivity contribution in [2.75, 3.05) is 11.1 Å². The number of anilines is 1. The smallest absolute Gasteiger partial charge is 0.234 e. The first kappa shape index (κ1) is 18.8. The summed E-state index contributed by atoms with van der Waals surface area (Å²) in [5.74, 6) is 0.829. The molecule has 1 heterocycles. The maximum Gasteiger partial charge on any atom is 0.234 e. The second-order valence-electron chi connectivity index (χ2n) is 5.89. The number of hydrogen-bond donors (Lipinski definition) is 1. The van der Waals surface area contributed by atoms with Gasteiger partial charge in [-0.05, 0) is 32.0 Å². The average Bonchev–Trinajstić information content (AvgIpc) is 3.10. The van der Waals surface area contributed by atoms with E-state index in [4.69, 9.17) is 0 Å². The van der Waals surface area contributed by atoms with Gasteiger partial charge in [0.1, 0.15) is 0 Å². The van der Waals surface area contributed by atoms with Crippen LogP contribution < -0.4 is 5.32 Å². The standard InChI is InChI=1S/C20H20N4O2S/c1-3-24-19(16-9-7-8-15(12-16)14(2)25)22-23-20(24)27-13-18(26)21-17-10-5-4-6-11-17/h4-12H,3,13H2,1-2H3,(H,21,26). The van der Waals surface area contributed by atoms with Crippen LogP contribution in [0.5, 0.6) is 0 Å². The fourth-order valence-corrected chi connectivity index (χ4v) is 3.42. The van der Waals surface area contributed by atoms with Crippen molar-refractivity contribution in [3.8, 4) is 11.4 Å². The molecule has 27 heavy (non-hydrogen) atoms. The van der Waals surface area contributed by atoms with Crippen molar-refractivity contribution >= 4 is 29.1 Å². The quantitative estimate of drug-likeness (QED) is 0.497. The van der Waals surface area contributed by atoms with Gasteiger partial charge in [0, 0.05) is 23.4 Å². The van der Waals surface area contributed by atoms with Crippen LogP contribution in [-0.4, -0.2) is 32.2 Å². The zero-order chi connectivity index (χ0) is 19.2. The van der Waals surface area contributed by atoms with E-state index >= 15 is 0 Å². The highest BCUT2D eigenvalue weighted by Crippen LogP contribution is 2.25. The molecule has 2 aromatic carbocycles. The van der Waals surface area contributed by atoms with Gasteiger partial charge in [-0.2, -0.15) is 0 Å². The lowest BCUT2D eigenvalue weighted by Gasteiger charge is -2.08. The van der Waals surface area contributed by atoms with Gasteiger partial charge in [0.15, 0.2) is 16.8 Å². The van der Waals surface area contributed by atoms with Crippen molar-refractivity contribution in [1.29, 1.82) is 0 Å². The number of nitrogens with zero attached hydrogens (tertiary/aromatic N) is 3. The van der Waals surface area contributed by atoms with Gasteiger partial charge in [-0.3, -0.25) is 9.59 Å². The molecule has 0 bridgehead atoms. The summed E-state index contributed by atoms with van der Waals surface area (Å²) >= 11 is 1.34. The Labute approximate surface area is 162 Å². The molecule has 0 aliphatic carbocycles. The lowest BCUT2D eigenvalue weighted by Crippen LogP contribution is -2.14. The summed E-state index contributed by atoms with van der Waals surface area (Å²) in [7, 11) is 0. The Balaban J connectivity index is 1.73. The number of nitrogens with one attached hydrogen (secondary N) is 1. The van der Waals surface area contributed by atoms with E-state index in [0.717, 1.165) is 11.3 Å². The van der Waals surface area contributed by atoms with Crippen LogP contribution >= 0.6 is 11.8 Å². The van der Waals surface area contributed by atoms with E-state index in [0.29, 0.717) is 23.1 Å². The van der Waals surface area contributed by atoms with Gasteiger partial charge in [0.25, 0.3) is 0 Å². The number of para-hydroxylation sites is 1. The molecule has 3 rings (SSSR count).